The van der Waals surface area contributed by atoms with Crippen molar-refractivity contribution in [2.75, 3.05) is 26.2 Å². The van der Waals surface area contributed by atoms with Crippen molar-refractivity contribution in [3.05, 3.63) is 42.2 Å². The van der Waals surface area contributed by atoms with E-state index in [0.717, 1.165) is 12.3 Å². The number of aliphatic hydroxyl groups excluding tert-OH is 1. The first kappa shape index (κ1) is 15.9. The summed E-state index contributed by atoms with van der Waals surface area (Å²) in [5.41, 5.74) is 3.57. The van der Waals surface area contributed by atoms with Crippen molar-refractivity contribution in [1.82, 2.24) is 14.7 Å². The minimum absolute atomic E-state index is 0.205. The van der Waals surface area contributed by atoms with E-state index < -0.39 is 0 Å². The molecule has 0 atom stereocenters. The lowest BCUT2D eigenvalue weighted by Crippen LogP contribution is -2.36. The number of likely N-dealkylation sites (tertiary alicyclic amines) is 1. The van der Waals surface area contributed by atoms with Crippen molar-refractivity contribution < 1.29 is 5.11 Å². The van der Waals surface area contributed by atoms with Gasteiger partial charge in [-0.1, -0.05) is 24.3 Å². The van der Waals surface area contributed by atoms with Crippen molar-refractivity contribution in [2.45, 2.75) is 38.1 Å². The number of nitrogens with zero attached hydrogens (tertiary/aromatic N) is 3. The zero-order chi connectivity index (χ0) is 16.4. The Balaban J connectivity index is 1.37. The van der Waals surface area contributed by atoms with E-state index in [1.165, 1.54) is 62.0 Å². The summed E-state index contributed by atoms with van der Waals surface area (Å²) < 4.78 is 2.17. The molecule has 1 saturated carbocycles. The Bertz CT molecular complexity index is 652. The average molecular weight is 325 g/mol. The zero-order valence-corrected chi connectivity index (χ0v) is 14.3. The number of hydrogen-bond acceptors (Lipinski definition) is 3. The summed E-state index contributed by atoms with van der Waals surface area (Å²) in [4.78, 5) is 2.64. The highest BCUT2D eigenvalue weighted by molar-refractivity contribution is 5.61. The van der Waals surface area contributed by atoms with Gasteiger partial charge in [0.05, 0.1) is 12.2 Å². The second kappa shape index (κ2) is 7.08. The summed E-state index contributed by atoms with van der Waals surface area (Å²) in [5, 5.41) is 13.6. The highest BCUT2D eigenvalue weighted by atomic mass is 16.2. The molecule has 2 aliphatic rings. The molecule has 0 radical (unpaired) electrons. The molecular formula is C20H27N3O. The van der Waals surface area contributed by atoms with Crippen LogP contribution in [0.1, 0.15) is 37.3 Å². The summed E-state index contributed by atoms with van der Waals surface area (Å²) in [7, 11) is 0. The monoisotopic (exact) mass is 325 g/mol. The maximum atomic E-state index is 9.01. The summed E-state index contributed by atoms with van der Waals surface area (Å²) in [6, 6.07) is 9.00. The summed E-state index contributed by atoms with van der Waals surface area (Å²) in [5.74, 6) is 0.992. The largest absolute Gasteiger partial charge is 0.396 e. The van der Waals surface area contributed by atoms with Crippen LogP contribution in [0, 0.1) is 5.92 Å². The lowest BCUT2D eigenvalue weighted by molar-refractivity contribution is 0.174. The predicted octanol–water partition coefficient (Wildman–Crippen LogP) is 3.13. The third-order valence-electron chi connectivity index (χ3n) is 5.43. The van der Waals surface area contributed by atoms with Crippen LogP contribution in [0.15, 0.2) is 36.7 Å². The molecular weight excluding hydrogens is 298 g/mol. The molecule has 1 aromatic heterocycles. The average Bonchev–Trinajstić information content (AvgIpc) is 3.29. The van der Waals surface area contributed by atoms with Crippen molar-refractivity contribution in [1.29, 1.82) is 0 Å². The molecule has 4 heteroatoms. The lowest BCUT2D eigenvalue weighted by atomic mass is 10.0. The van der Waals surface area contributed by atoms with E-state index in [0.29, 0.717) is 6.04 Å². The van der Waals surface area contributed by atoms with Crippen molar-refractivity contribution in [3.63, 3.8) is 0 Å². The maximum Gasteiger partial charge on any atom is 0.0568 e. The molecule has 2 fully saturated rings. The SMILES string of the molecule is OCCc1ccc(-c2cnn(C3CCN(CC4CC4)CC3)c2)cc1. The van der Waals surface area contributed by atoms with Crippen LogP contribution in [0.2, 0.25) is 0 Å². The van der Waals surface area contributed by atoms with Gasteiger partial charge < -0.3 is 10.0 Å². The van der Waals surface area contributed by atoms with Crippen LogP contribution >= 0.6 is 0 Å². The van der Waals surface area contributed by atoms with E-state index in [2.05, 4.69) is 45.1 Å². The minimum atomic E-state index is 0.205. The predicted molar refractivity (Wildman–Crippen MR) is 95.9 cm³/mol. The van der Waals surface area contributed by atoms with Gasteiger partial charge in [0, 0.05) is 38.0 Å². The van der Waals surface area contributed by atoms with Gasteiger partial charge in [-0.15, -0.1) is 0 Å². The Labute approximate surface area is 144 Å². The number of aromatic nitrogens is 2. The van der Waals surface area contributed by atoms with Crippen LogP contribution in [0.4, 0.5) is 0 Å². The van der Waals surface area contributed by atoms with Gasteiger partial charge >= 0.3 is 0 Å². The molecule has 1 saturated heterocycles. The Kier molecular flexibility index (Phi) is 4.67. The van der Waals surface area contributed by atoms with E-state index in [-0.39, 0.29) is 6.61 Å². The fraction of sp³-hybridized carbons (Fsp3) is 0.550. The van der Waals surface area contributed by atoms with Crippen molar-refractivity contribution >= 4 is 0 Å². The molecule has 2 aromatic rings. The molecule has 1 aliphatic carbocycles. The lowest BCUT2D eigenvalue weighted by Gasteiger charge is -2.32. The Morgan fingerprint density at radius 1 is 1.00 bits per heavy atom. The summed E-state index contributed by atoms with van der Waals surface area (Å²) in [6.07, 6.45) is 10.2. The fourth-order valence-electron chi connectivity index (χ4n) is 3.71. The van der Waals surface area contributed by atoms with E-state index in [1.54, 1.807) is 0 Å². The molecule has 128 valence electrons. The number of benzene rings is 1. The standard InChI is InChI=1S/C20H27N3O/c24-12-9-16-3-5-18(6-4-16)19-13-21-23(15-19)20-7-10-22(11-8-20)14-17-1-2-17/h3-6,13,15,17,20,24H,1-2,7-12,14H2. The van der Waals surface area contributed by atoms with Gasteiger partial charge in [-0.2, -0.15) is 5.10 Å². The molecule has 0 amide bonds. The van der Waals surface area contributed by atoms with Crippen molar-refractivity contribution in [3.8, 4) is 11.1 Å². The van der Waals surface area contributed by atoms with Gasteiger partial charge in [0.25, 0.3) is 0 Å². The highest BCUT2D eigenvalue weighted by Gasteiger charge is 2.27. The fourth-order valence-corrected chi connectivity index (χ4v) is 3.71. The molecule has 24 heavy (non-hydrogen) atoms. The van der Waals surface area contributed by atoms with Gasteiger partial charge in [-0.3, -0.25) is 4.68 Å². The number of hydrogen-bond donors (Lipinski definition) is 1. The van der Waals surface area contributed by atoms with Gasteiger partial charge in [0.2, 0.25) is 0 Å². The topological polar surface area (TPSA) is 41.3 Å². The molecule has 0 unspecified atom stereocenters. The molecule has 1 aliphatic heterocycles. The van der Waals surface area contributed by atoms with Gasteiger partial charge in [-0.05, 0) is 49.1 Å². The highest BCUT2D eigenvalue weighted by Crippen LogP contribution is 2.32. The first-order valence-corrected chi connectivity index (χ1v) is 9.28. The number of rotatable bonds is 6. The van der Waals surface area contributed by atoms with Crippen LogP contribution in [0.3, 0.4) is 0 Å². The third-order valence-corrected chi connectivity index (χ3v) is 5.43. The Hall–Kier alpha value is -1.65. The van der Waals surface area contributed by atoms with Crippen LogP contribution < -0.4 is 0 Å². The van der Waals surface area contributed by atoms with Crippen LogP contribution in [0.5, 0.6) is 0 Å². The smallest absolute Gasteiger partial charge is 0.0568 e. The van der Waals surface area contributed by atoms with E-state index in [9.17, 15) is 0 Å². The van der Waals surface area contributed by atoms with Crippen molar-refractivity contribution in [2.24, 2.45) is 5.92 Å². The van der Waals surface area contributed by atoms with Crippen LogP contribution in [0.25, 0.3) is 11.1 Å². The first-order valence-electron chi connectivity index (χ1n) is 9.28. The van der Waals surface area contributed by atoms with Gasteiger partial charge in [-0.25, -0.2) is 0 Å². The second-order valence-corrected chi connectivity index (χ2v) is 7.35. The Morgan fingerprint density at radius 3 is 2.42 bits per heavy atom. The zero-order valence-electron chi connectivity index (χ0n) is 14.3. The van der Waals surface area contributed by atoms with E-state index in [4.69, 9.17) is 5.11 Å². The van der Waals surface area contributed by atoms with E-state index >= 15 is 0 Å². The quantitative estimate of drug-likeness (QED) is 0.887. The summed E-state index contributed by atoms with van der Waals surface area (Å²) >= 11 is 0. The molecule has 1 N–H and O–H groups in total. The first-order chi connectivity index (χ1) is 11.8. The summed E-state index contributed by atoms with van der Waals surface area (Å²) in [6.45, 7) is 3.95. The van der Waals surface area contributed by atoms with E-state index in [1.807, 2.05) is 6.20 Å². The molecule has 4 nitrogen and oxygen atoms in total. The Morgan fingerprint density at radius 2 is 1.75 bits per heavy atom. The maximum absolute atomic E-state index is 9.01. The van der Waals surface area contributed by atoms with Crippen LogP contribution in [-0.2, 0) is 6.42 Å². The molecule has 2 heterocycles. The number of aliphatic hydroxyl groups is 1. The third kappa shape index (κ3) is 3.70. The molecule has 0 spiro atoms. The van der Waals surface area contributed by atoms with Gasteiger partial charge in [0.1, 0.15) is 0 Å². The minimum Gasteiger partial charge on any atom is -0.396 e. The normalized spacial score (nSPS) is 19.7. The van der Waals surface area contributed by atoms with Crippen LogP contribution in [-0.4, -0.2) is 46.0 Å². The number of piperidine rings is 1. The van der Waals surface area contributed by atoms with Gasteiger partial charge in [0.15, 0.2) is 0 Å². The molecule has 4 rings (SSSR count). The molecule has 1 aromatic carbocycles. The second-order valence-electron chi connectivity index (χ2n) is 7.35. The molecule has 0 bridgehead atoms.